The zero-order valence-corrected chi connectivity index (χ0v) is 19.8. The highest BCUT2D eigenvalue weighted by Gasteiger charge is 2.21. The molecule has 1 aliphatic heterocycles. The Bertz CT molecular complexity index is 700. The lowest BCUT2D eigenvalue weighted by atomic mass is 9.99. The van der Waals surface area contributed by atoms with Gasteiger partial charge in [0.1, 0.15) is 5.84 Å². The summed E-state index contributed by atoms with van der Waals surface area (Å²) in [6, 6.07) is 4.06. The molecule has 0 fully saturated rings. The van der Waals surface area contributed by atoms with Crippen molar-refractivity contribution in [1.82, 2.24) is 0 Å². The van der Waals surface area contributed by atoms with Crippen molar-refractivity contribution in [1.29, 1.82) is 5.41 Å². The minimum absolute atomic E-state index is 0.240. The zero-order chi connectivity index (χ0) is 22.3. The lowest BCUT2D eigenvalue weighted by Crippen LogP contribution is -2.12. The SMILES string of the molecule is CCCCCCCCOCc1cc2c(cc1COCCCCCCCC)C(N)=NC2=N. The molecule has 0 radical (unpaired) electrons. The van der Waals surface area contributed by atoms with Gasteiger partial charge in [0.25, 0.3) is 0 Å². The van der Waals surface area contributed by atoms with Crippen LogP contribution in [0.25, 0.3) is 0 Å². The second kappa shape index (κ2) is 15.1. The van der Waals surface area contributed by atoms with Gasteiger partial charge in [-0.05, 0) is 36.1 Å². The lowest BCUT2D eigenvalue weighted by Gasteiger charge is -2.14. The number of nitrogens with one attached hydrogen (secondary N) is 1. The first-order valence-electron chi connectivity index (χ1n) is 12.4. The summed E-state index contributed by atoms with van der Waals surface area (Å²) in [5.74, 6) is 0.668. The van der Waals surface area contributed by atoms with Crippen LogP contribution in [0.1, 0.15) is 113 Å². The van der Waals surface area contributed by atoms with Crippen LogP contribution in [-0.2, 0) is 22.7 Å². The van der Waals surface area contributed by atoms with E-state index in [9.17, 15) is 0 Å². The Morgan fingerprint density at radius 3 is 1.68 bits per heavy atom. The Morgan fingerprint density at radius 1 is 0.710 bits per heavy atom. The number of unbranched alkanes of at least 4 members (excludes halogenated alkanes) is 10. The van der Waals surface area contributed by atoms with Crippen LogP contribution >= 0.6 is 0 Å². The first-order valence-corrected chi connectivity index (χ1v) is 12.4. The number of nitrogens with two attached hydrogens (primary N) is 1. The van der Waals surface area contributed by atoms with Crippen LogP contribution < -0.4 is 5.73 Å². The molecule has 0 atom stereocenters. The van der Waals surface area contributed by atoms with Crippen LogP contribution in [0.5, 0.6) is 0 Å². The number of nitrogens with zero attached hydrogens (tertiary/aromatic N) is 1. The van der Waals surface area contributed by atoms with Crippen molar-refractivity contribution in [2.75, 3.05) is 13.2 Å². The molecular formula is C26H43N3O2. The van der Waals surface area contributed by atoms with E-state index in [1.54, 1.807) is 0 Å². The molecule has 1 aliphatic rings. The highest BCUT2D eigenvalue weighted by molar-refractivity contribution is 6.21. The van der Waals surface area contributed by atoms with E-state index in [2.05, 4.69) is 18.8 Å². The quantitative estimate of drug-likeness (QED) is 0.262. The van der Waals surface area contributed by atoms with Crippen LogP contribution in [-0.4, -0.2) is 24.9 Å². The van der Waals surface area contributed by atoms with Crippen molar-refractivity contribution in [3.05, 3.63) is 34.4 Å². The number of aliphatic imine (C=N–C) groups is 1. The van der Waals surface area contributed by atoms with E-state index in [1.165, 1.54) is 64.2 Å². The molecule has 5 heteroatoms. The van der Waals surface area contributed by atoms with Crippen molar-refractivity contribution in [3.8, 4) is 0 Å². The minimum atomic E-state index is 0.240. The van der Waals surface area contributed by atoms with E-state index < -0.39 is 0 Å². The molecule has 0 saturated carbocycles. The first kappa shape index (κ1) is 25.5. The highest BCUT2D eigenvalue weighted by Crippen LogP contribution is 2.24. The van der Waals surface area contributed by atoms with Gasteiger partial charge in [-0.3, -0.25) is 5.41 Å². The van der Waals surface area contributed by atoms with E-state index in [1.807, 2.05) is 12.1 Å². The van der Waals surface area contributed by atoms with Crippen LogP contribution in [0.3, 0.4) is 0 Å². The number of hydrogen-bond acceptors (Lipinski definition) is 4. The number of hydrogen-bond donors (Lipinski definition) is 2. The Kier molecular flexibility index (Phi) is 12.5. The molecule has 0 bridgehead atoms. The zero-order valence-electron chi connectivity index (χ0n) is 19.8. The third-order valence-electron chi connectivity index (χ3n) is 5.90. The van der Waals surface area contributed by atoms with Crippen molar-refractivity contribution >= 4 is 11.7 Å². The fourth-order valence-electron chi connectivity index (χ4n) is 3.94. The summed E-state index contributed by atoms with van der Waals surface area (Å²) in [7, 11) is 0. The Balaban J connectivity index is 1.82. The summed E-state index contributed by atoms with van der Waals surface area (Å²) in [6.07, 6.45) is 15.1. The fourth-order valence-corrected chi connectivity index (χ4v) is 3.94. The van der Waals surface area contributed by atoms with E-state index in [0.717, 1.165) is 48.3 Å². The van der Waals surface area contributed by atoms with Crippen LogP contribution in [0.4, 0.5) is 0 Å². The van der Waals surface area contributed by atoms with Gasteiger partial charge in [0.2, 0.25) is 0 Å². The smallest absolute Gasteiger partial charge is 0.154 e. The van der Waals surface area contributed by atoms with E-state index in [-0.39, 0.29) is 5.84 Å². The number of amidine groups is 2. The van der Waals surface area contributed by atoms with Gasteiger partial charge in [-0.15, -0.1) is 0 Å². The third-order valence-corrected chi connectivity index (χ3v) is 5.90. The monoisotopic (exact) mass is 429 g/mol. The van der Waals surface area contributed by atoms with Gasteiger partial charge in [0, 0.05) is 24.3 Å². The standard InChI is InChI=1S/C26H43N3O2/c1-3-5-7-9-11-13-15-30-19-21-17-23-24(26(28)29-25(23)27)18-22(21)20-31-16-14-12-10-8-6-4-2/h17-18H,3-16,19-20H2,1-2H3,(H3,27,28,29). The molecule has 0 unspecified atom stereocenters. The van der Waals surface area contributed by atoms with Gasteiger partial charge in [-0.25, -0.2) is 4.99 Å². The summed E-state index contributed by atoms with van der Waals surface area (Å²) >= 11 is 0. The van der Waals surface area contributed by atoms with Crippen LogP contribution in [0.15, 0.2) is 17.1 Å². The number of ether oxygens (including phenoxy) is 2. The number of fused-ring (bicyclic) bond motifs is 1. The molecule has 1 aromatic rings. The maximum absolute atomic E-state index is 8.07. The molecule has 1 aromatic carbocycles. The van der Waals surface area contributed by atoms with E-state index in [0.29, 0.717) is 19.0 Å². The summed E-state index contributed by atoms with van der Waals surface area (Å²) < 4.78 is 12.0. The maximum atomic E-state index is 8.07. The Hall–Kier alpha value is -1.72. The van der Waals surface area contributed by atoms with Crippen molar-refractivity contribution in [2.45, 2.75) is 104 Å². The second-order valence-corrected chi connectivity index (χ2v) is 8.65. The summed E-state index contributed by atoms with van der Waals surface area (Å²) in [4.78, 5) is 4.13. The molecule has 5 nitrogen and oxygen atoms in total. The predicted octanol–water partition coefficient (Wildman–Crippen LogP) is 6.49. The van der Waals surface area contributed by atoms with Crippen molar-refractivity contribution < 1.29 is 9.47 Å². The summed E-state index contributed by atoms with van der Waals surface area (Å²) in [6.45, 7) is 7.14. The topological polar surface area (TPSA) is 80.7 Å². The lowest BCUT2D eigenvalue weighted by molar-refractivity contribution is 0.103. The second-order valence-electron chi connectivity index (χ2n) is 8.65. The van der Waals surface area contributed by atoms with Gasteiger partial charge < -0.3 is 15.2 Å². The van der Waals surface area contributed by atoms with Gasteiger partial charge in [-0.1, -0.05) is 78.1 Å². The summed E-state index contributed by atoms with van der Waals surface area (Å²) in [5, 5.41) is 8.07. The van der Waals surface area contributed by atoms with Gasteiger partial charge in [-0.2, -0.15) is 0 Å². The Labute approximate surface area is 189 Å². The van der Waals surface area contributed by atoms with Gasteiger partial charge in [0.15, 0.2) is 5.84 Å². The van der Waals surface area contributed by atoms with E-state index >= 15 is 0 Å². The summed E-state index contributed by atoms with van der Waals surface area (Å²) in [5.41, 5.74) is 9.85. The average molecular weight is 430 g/mol. The molecule has 0 aliphatic carbocycles. The first-order chi connectivity index (χ1) is 15.2. The van der Waals surface area contributed by atoms with Crippen LogP contribution in [0.2, 0.25) is 0 Å². The van der Waals surface area contributed by atoms with Crippen molar-refractivity contribution in [2.24, 2.45) is 10.7 Å². The van der Waals surface area contributed by atoms with Gasteiger partial charge in [0.05, 0.1) is 13.2 Å². The fraction of sp³-hybridized carbons (Fsp3) is 0.692. The average Bonchev–Trinajstić information content (AvgIpc) is 3.04. The van der Waals surface area contributed by atoms with Crippen LogP contribution in [0, 0.1) is 5.41 Å². The highest BCUT2D eigenvalue weighted by atomic mass is 16.5. The molecule has 2 rings (SSSR count). The largest absolute Gasteiger partial charge is 0.383 e. The molecule has 31 heavy (non-hydrogen) atoms. The molecule has 1 heterocycles. The predicted molar refractivity (Wildman–Crippen MR) is 130 cm³/mol. The molecule has 174 valence electrons. The van der Waals surface area contributed by atoms with Crippen molar-refractivity contribution in [3.63, 3.8) is 0 Å². The maximum Gasteiger partial charge on any atom is 0.154 e. The molecule has 0 aromatic heterocycles. The number of benzene rings is 1. The Morgan fingerprint density at radius 2 is 1.16 bits per heavy atom. The molecule has 0 saturated heterocycles. The molecular weight excluding hydrogens is 386 g/mol. The molecule has 3 N–H and O–H groups in total. The third kappa shape index (κ3) is 9.12. The number of rotatable bonds is 18. The molecule has 0 spiro atoms. The normalized spacial score (nSPS) is 13.0. The van der Waals surface area contributed by atoms with E-state index in [4.69, 9.17) is 20.6 Å². The minimum Gasteiger partial charge on any atom is -0.383 e. The molecule has 0 amide bonds. The van der Waals surface area contributed by atoms with Gasteiger partial charge >= 0.3 is 0 Å².